The number of carbonyl (C=O) groups is 1. The molecule has 0 saturated carbocycles. The van der Waals surface area contributed by atoms with Crippen LogP contribution in [0.4, 0.5) is 0 Å². The highest BCUT2D eigenvalue weighted by Crippen LogP contribution is 2.25. The van der Waals surface area contributed by atoms with E-state index in [2.05, 4.69) is 14.9 Å². The van der Waals surface area contributed by atoms with E-state index in [0.717, 1.165) is 60.3 Å². The van der Waals surface area contributed by atoms with Crippen LogP contribution in [-0.4, -0.2) is 50.2 Å². The first kappa shape index (κ1) is 26.4. The molecule has 1 aliphatic heterocycles. The zero-order valence-corrected chi connectivity index (χ0v) is 22.3. The minimum absolute atomic E-state index is 0.184. The van der Waals surface area contributed by atoms with Gasteiger partial charge in [-0.1, -0.05) is 30.7 Å². The fourth-order valence-electron chi connectivity index (χ4n) is 5.11. The van der Waals surface area contributed by atoms with Gasteiger partial charge in [-0.3, -0.25) is 9.59 Å². The van der Waals surface area contributed by atoms with Crippen LogP contribution in [0, 0.1) is 6.92 Å². The maximum absolute atomic E-state index is 12.8. The average Bonchev–Trinajstić information content (AvgIpc) is 2.95. The SMILES string of the molecule is Cc1cnc(-c2cccc(Cn3nc(-c4ccc(C(N)=O)cc4CCCN4CCCCC4)ccc3=O)c2)nc1. The second-order valence-electron chi connectivity index (χ2n) is 10.2. The molecule has 1 fully saturated rings. The van der Waals surface area contributed by atoms with Crippen LogP contribution in [0.2, 0.25) is 0 Å². The summed E-state index contributed by atoms with van der Waals surface area (Å²) >= 11 is 0. The summed E-state index contributed by atoms with van der Waals surface area (Å²) in [6, 6.07) is 16.6. The zero-order valence-electron chi connectivity index (χ0n) is 22.3. The maximum atomic E-state index is 12.8. The number of rotatable bonds is 9. The Balaban J connectivity index is 1.40. The molecule has 0 bridgehead atoms. The van der Waals surface area contributed by atoms with Crippen LogP contribution in [0.15, 0.2) is 71.8 Å². The third-order valence-corrected chi connectivity index (χ3v) is 7.20. The number of nitrogens with zero attached hydrogens (tertiary/aromatic N) is 5. The molecule has 2 aromatic heterocycles. The van der Waals surface area contributed by atoms with Crippen LogP contribution < -0.4 is 11.3 Å². The molecule has 5 rings (SSSR count). The van der Waals surface area contributed by atoms with Gasteiger partial charge in [0.1, 0.15) is 0 Å². The summed E-state index contributed by atoms with van der Waals surface area (Å²) in [4.78, 5) is 36.0. The van der Waals surface area contributed by atoms with E-state index >= 15 is 0 Å². The fourth-order valence-corrected chi connectivity index (χ4v) is 5.11. The van der Waals surface area contributed by atoms with Gasteiger partial charge in [0, 0.05) is 35.2 Å². The predicted octanol–water partition coefficient (Wildman–Crippen LogP) is 4.24. The second-order valence-corrected chi connectivity index (χ2v) is 10.2. The van der Waals surface area contributed by atoms with Crippen molar-refractivity contribution >= 4 is 5.91 Å². The van der Waals surface area contributed by atoms with Crippen LogP contribution in [-0.2, 0) is 13.0 Å². The number of hydrogen-bond acceptors (Lipinski definition) is 6. The van der Waals surface area contributed by atoms with Gasteiger partial charge in [-0.05, 0) is 93.2 Å². The van der Waals surface area contributed by atoms with E-state index in [1.807, 2.05) is 43.3 Å². The molecule has 2 N–H and O–H groups in total. The lowest BCUT2D eigenvalue weighted by molar-refractivity contribution is 0.1000. The van der Waals surface area contributed by atoms with Gasteiger partial charge in [0.25, 0.3) is 5.56 Å². The summed E-state index contributed by atoms with van der Waals surface area (Å²) in [5.41, 5.74) is 11.3. The molecule has 200 valence electrons. The Morgan fingerprint density at radius 3 is 2.54 bits per heavy atom. The molecule has 0 spiro atoms. The summed E-state index contributed by atoms with van der Waals surface area (Å²) in [7, 11) is 0. The number of carbonyl (C=O) groups excluding carboxylic acids is 1. The highest BCUT2D eigenvalue weighted by atomic mass is 16.1. The van der Waals surface area contributed by atoms with Crippen molar-refractivity contribution in [2.75, 3.05) is 19.6 Å². The molecule has 0 atom stereocenters. The van der Waals surface area contributed by atoms with Crippen molar-refractivity contribution in [1.82, 2.24) is 24.6 Å². The highest BCUT2D eigenvalue weighted by molar-refractivity contribution is 5.93. The van der Waals surface area contributed by atoms with Crippen LogP contribution in [0.3, 0.4) is 0 Å². The quantitative estimate of drug-likeness (QED) is 0.352. The van der Waals surface area contributed by atoms with Crippen molar-refractivity contribution in [3.05, 3.63) is 99.6 Å². The van der Waals surface area contributed by atoms with Crippen molar-refractivity contribution < 1.29 is 4.79 Å². The molecular formula is C31H34N6O2. The van der Waals surface area contributed by atoms with E-state index in [1.54, 1.807) is 30.6 Å². The number of amides is 1. The number of likely N-dealkylation sites (tertiary alicyclic amines) is 1. The highest BCUT2D eigenvalue weighted by Gasteiger charge is 2.14. The Bertz CT molecular complexity index is 1510. The number of aromatic nitrogens is 4. The molecule has 0 aliphatic carbocycles. The maximum Gasteiger partial charge on any atom is 0.267 e. The number of piperidine rings is 1. The fraction of sp³-hybridized carbons (Fsp3) is 0.323. The molecule has 2 aromatic carbocycles. The Morgan fingerprint density at radius 1 is 0.974 bits per heavy atom. The van der Waals surface area contributed by atoms with Crippen molar-refractivity contribution in [2.45, 2.75) is 45.6 Å². The largest absolute Gasteiger partial charge is 0.366 e. The molecule has 3 heterocycles. The van der Waals surface area contributed by atoms with E-state index in [9.17, 15) is 9.59 Å². The Kier molecular flexibility index (Phi) is 8.22. The smallest absolute Gasteiger partial charge is 0.267 e. The molecule has 1 amide bonds. The van der Waals surface area contributed by atoms with E-state index in [0.29, 0.717) is 23.6 Å². The molecule has 4 aromatic rings. The van der Waals surface area contributed by atoms with Crippen molar-refractivity contribution in [3.63, 3.8) is 0 Å². The number of hydrogen-bond donors (Lipinski definition) is 1. The van der Waals surface area contributed by atoms with Gasteiger partial charge in [0.15, 0.2) is 5.82 Å². The van der Waals surface area contributed by atoms with Gasteiger partial charge < -0.3 is 10.6 Å². The number of primary amides is 1. The molecule has 0 unspecified atom stereocenters. The molecule has 8 nitrogen and oxygen atoms in total. The van der Waals surface area contributed by atoms with Crippen LogP contribution in [0.25, 0.3) is 22.6 Å². The van der Waals surface area contributed by atoms with Crippen LogP contribution in [0.1, 0.15) is 52.7 Å². The third-order valence-electron chi connectivity index (χ3n) is 7.20. The van der Waals surface area contributed by atoms with E-state index in [4.69, 9.17) is 10.8 Å². The average molecular weight is 523 g/mol. The lowest BCUT2D eigenvalue weighted by Gasteiger charge is -2.26. The van der Waals surface area contributed by atoms with Crippen molar-refractivity contribution in [2.24, 2.45) is 5.73 Å². The van der Waals surface area contributed by atoms with Crippen LogP contribution >= 0.6 is 0 Å². The molecule has 1 aliphatic rings. The molecule has 39 heavy (non-hydrogen) atoms. The minimum atomic E-state index is -0.450. The molecule has 0 radical (unpaired) electrons. The molecule has 8 heteroatoms. The monoisotopic (exact) mass is 522 g/mol. The molecule has 1 saturated heterocycles. The zero-order chi connectivity index (χ0) is 27.2. The van der Waals surface area contributed by atoms with E-state index < -0.39 is 5.91 Å². The standard InChI is InChI=1S/C31H34N6O2/c1-22-19-33-31(34-20-22)26-8-5-7-23(17-26)21-37-29(38)13-12-28(35-37)27-11-10-25(30(32)39)18-24(27)9-6-16-36-14-3-2-4-15-36/h5,7-8,10-13,17-20H,2-4,6,9,14-16,21H2,1H3,(H2,32,39). The first-order valence-electron chi connectivity index (χ1n) is 13.6. The second kappa shape index (κ2) is 12.1. The van der Waals surface area contributed by atoms with Crippen molar-refractivity contribution in [1.29, 1.82) is 0 Å². The summed E-state index contributed by atoms with van der Waals surface area (Å²) in [5.74, 6) is 0.189. The number of nitrogens with two attached hydrogens (primary N) is 1. The normalized spacial score (nSPS) is 13.9. The summed E-state index contributed by atoms with van der Waals surface area (Å²) in [6.45, 7) is 5.59. The predicted molar refractivity (Wildman–Crippen MR) is 152 cm³/mol. The van der Waals surface area contributed by atoms with E-state index in [1.165, 1.54) is 23.9 Å². The lowest BCUT2D eigenvalue weighted by Crippen LogP contribution is -2.30. The van der Waals surface area contributed by atoms with Gasteiger partial charge in [-0.25, -0.2) is 14.6 Å². The van der Waals surface area contributed by atoms with Gasteiger partial charge >= 0.3 is 0 Å². The number of aryl methyl sites for hydroxylation is 2. The Morgan fingerprint density at radius 2 is 1.77 bits per heavy atom. The minimum Gasteiger partial charge on any atom is -0.366 e. The van der Waals surface area contributed by atoms with Gasteiger partial charge in [0.05, 0.1) is 12.2 Å². The van der Waals surface area contributed by atoms with Gasteiger partial charge in [-0.2, -0.15) is 5.10 Å². The number of benzene rings is 2. The summed E-state index contributed by atoms with van der Waals surface area (Å²) in [6.07, 6.45) is 9.18. The third kappa shape index (κ3) is 6.64. The first-order chi connectivity index (χ1) is 19.0. The topological polar surface area (TPSA) is 107 Å². The lowest BCUT2D eigenvalue weighted by atomic mass is 9.97. The van der Waals surface area contributed by atoms with Gasteiger partial charge in [-0.15, -0.1) is 0 Å². The Hall–Kier alpha value is -4.17. The summed E-state index contributed by atoms with van der Waals surface area (Å²) in [5, 5.41) is 4.73. The Labute approximate surface area is 228 Å². The van der Waals surface area contributed by atoms with E-state index in [-0.39, 0.29) is 5.56 Å². The summed E-state index contributed by atoms with van der Waals surface area (Å²) < 4.78 is 1.48. The first-order valence-corrected chi connectivity index (χ1v) is 13.6. The molecular weight excluding hydrogens is 488 g/mol. The van der Waals surface area contributed by atoms with Crippen molar-refractivity contribution in [3.8, 4) is 22.6 Å². The van der Waals surface area contributed by atoms with Crippen LogP contribution in [0.5, 0.6) is 0 Å². The van der Waals surface area contributed by atoms with Gasteiger partial charge in [0.2, 0.25) is 5.91 Å².